The highest BCUT2D eigenvalue weighted by molar-refractivity contribution is 7.89. The van der Waals surface area contributed by atoms with Crippen molar-refractivity contribution in [3.63, 3.8) is 0 Å². The van der Waals surface area contributed by atoms with Gasteiger partial charge in [-0.1, -0.05) is 6.07 Å². The molecule has 1 aromatic heterocycles. The largest absolute Gasteiger partial charge is 0.320 e. The van der Waals surface area contributed by atoms with Crippen LogP contribution in [-0.4, -0.2) is 36.3 Å². The molecule has 1 aromatic carbocycles. The number of halogens is 2. The highest BCUT2D eigenvalue weighted by Gasteiger charge is 2.27. The van der Waals surface area contributed by atoms with Crippen LogP contribution in [0.1, 0.15) is 12.8 Å². The summed E-state index contributed by atoms with van der Waals surface area (Å²) < 4.78 is 54.6. The Kier molecular flexibility index (Phi) is 5.38. The van der Waals surface area contributed by atoms with Crippen molar-refractivity contribution in [3.05, 3.63) is 58.5 Å². The molecule has 2 heterocycles. The van der Waals surface area contributed by atoms with E-state index in [1.807, 2.05) is 0 Å². The van der Waals surface area contributed by atoms with E-state index in [-0.39, 0.29) is 4.90 Å². The minimum Gasteiger partial charge on any atom is -0.320 e. The summed E-state index contributed by atoms with van der Waals surface area (Å²) in [6.07, 6.45) is 2.58. The van der Waals surface area contributed by atoms with E-state index in [0.717, 1.165) is 47.9 Å². The molecule has 7 nitrogen and oxygen atoms in total. The number of sulfonamides is 1. The smallest absolute Gasteiger partial charge is 0.251 e. The van der Waals surface area contributed by atoms with Crippen LogP contribution < -0.4 is 10.9 Å². The van der Waals surface area contributed by atoms with Crippen LogP contribution in [0.5, 0.6) is 0 Å². The Morgan fingerprint density at radius 2 is 1.70 bits per heavy atom. The maximum atomic E-state index is 13.6. The standard InChI is InChI=1S/C17H17F2N3O4S/c18-13-4-3-5-14(19)17(13)20-15(23)11-21-10-12(6-7-16(21)24)27(25,26)22-8-1-2-9-22/h3-7,10H,1-2,8-9,11H2,(H,20,23). The molecule has 0 saturated carbocycles. The molecule has 1 amide bonds. The third kappa shape index (κ3) is 4.06. The summed E-state index contributed by atoms with van der Waals surface area (Å²) in [5.41, 5.74) is -1.24. The average Bonchev–Trinajstić information content (AvgIpc) is 3.15. The summed E-state index contributed by atoms with van der Waals surface area (Å²) in [5.74, 6) is -2.78. The normalized spacial score (nSPS) is 15.0. The van der Waals surface area contributed by atoms with Gasteiger partial charge in [0.15, 0.2) is 0 Å². The van der Waals surface area contributed by atoms with Gasteiger partial charge < -0.3 is 9.88 Å². The van der Waals surface area contributed by atoms with Gasteiger partial charge in [0.05, 0.1) is 4.90 Å². The van der Waals surface area contributed by atoms with Crippen LogP contribution in [-0.2, 0) is 21.4 Å². The van der Waals surface area contributed by atoms with E-state index in [9.17, 15) is 26.8 Å². The van der Waals surface area contributed by atoms with E-state index >= 15 is 0 Å². The molecule has 1 fully saturated rings. The lowest BCUT2D eigenvalue weighted by molar-refractivity contribution is -0.116. The Balaban J connectivity index is 1.83. The summed E-state index contributed by atoms with van der Waals surface area (Å²) in [6, 6.07) is 5.33. The van der Waals surface area contributed by atoms with Gasteiger partial charge in [0.2, 0.25) is 15.9 Å². The topological polar surface area (TPSA) is 88.5 Å². The second-order valence-electron chi connectivity index (χ2n) is 6.09. The molecule has 1 saturated heterocycles. The third-order valence-electron chi connectivity index (χ3n) is 4.20. The van der Waals surface area contributed by atoms with Crippen molar-refractivity contribution in [3.8, 4) is 0 Å². The van der Waals surface area contributed by atoms with Gasteiger partial charge in [0, 0.05) is 25.4 Å². The molecular weight excluding hydrogens is 380 g/mol. The number of para-hydroxylation sites is 1. The first-order valence-electron chi connectivity index (χ1n) is 8.23. The van der Waals surface area contributed by atoms with Crippen molar-refractivity contribution in [1.29, 1.82) is 0 Å². The summed E-state index contributed by atoms with van der Waals surface area (Å²) in [6.45, 7) is 0.207. The van der Waals surface area contributed by atoms with Crippen molar-refractivity contribution in [2.45, 2.75) is 24.3 Å². The van der Waals surface area contributed by atoms with Gasteiger partial charge in [0.25, 0.3) is 5.56 Å². The number of anilines is 1. The second-order valence-corrected chi connectivity index (χ2v) is 8.02. The molecule has 1 aliphatic heterocycles. The molecule has 1 aliphatic rings. The van der Waals surface area contributed by atoms with Gasteiger partial charge in [-0.05, 0) is 31.0 Å². The van der Waals surface area contributed by atoms with Crippen LogP contribution in [0.4, 0.5) is 14.5 Å². The molecule has 0 unspecified atom stereocenters. The predicted molar refractivity (Wildman–Crippen MR) is 93.7 cm³/mol. The van der Waals surface area contributed by atoms with E-state index in [4.69, 9.17) is 0 Å². The highest BCUT2D eigenvalue weighted by Crippen LogP contribution is 2.20. The maximum Gasteiger partial charge on any atom is 0.251 e. The highest BCUT2D eigenvalue weighted by atomic mass is 32.2. The van der Waals surface area contributed by atoms with Crippen LogP contribution in [0.25, 0.3) is 0 Å². The Bertz CT molecular complexity index is 1010. The first-order valence-corrected chi connectivity index (χ1v) is 9.67. The van der Waals surface area contributed by atoms with Gasteiger partial charge in [-0.15, -0.1) is 0 Å². The number of hydrogen-bond acceptors (Lipinski definition) is 4. The molecule has 0 atom stereocenters. The summed E-state index contributed by atoms with van der Waals surface area (Å²) >= 11 is 0. The first-order chi connectivity index (χ1) is 12.8. The molecular formula is C17H17F2N3O4S. The van der Waals surface area contributed by atoms with Gasteiger partial charge in [-0.25, -0.2) is 17.2 Å². The lowest BCUT2D eigenvalue weighted by Gasteiger charge is -2.16. The number of amides is 1. The van der Waals surface area contributed by atoms with Crippen molar-refractivity contribution in [2.75, 3.05) is 18.4 Å². The van der Waals surface area contributed by atoms with Crippen molar-refractivity contribution >= 4 is 21.6 Å². The fraction of sp³-hybridized carbons (Fsp3) is 0.294. The van der Waals surface area contributed by atoms with Crippen LogP contribution in [0, 0.1) is 11.6 Å². The summed E-state index contributed by atoms with van der Waals surface area (Å²) in [4.78, 5) is 23.9. The molecule has 0 radical (unpaired) electrons. The number of rotatable bonds is 5. The van der Waals surface area contributed by atoms with Gasteiger partial charge in [0.1, 0.15) is 23.9 Å². The lowest BCUT2D eigenvalue weighted by atomic mass is 10.3. The Morgan fingerprint density at radius 1 is 1.07 bits per heavy atom. The van der Waals surface area contributed by atoms with Crippen molar-refractivity contribution < 1.29 is 22.0 Å². The lowest BCUT2D eigenvalue weighted by Crippen LogP contribution is -2.31. The van der Waals surface area contributed by atoms with E-state index in [1.54, 1.807) is 0 Å². The quantitative estimate of drug-likeness (QED) is 0.829. The predicted octanol–water partition coefficient (Wildman–Crippen LogP) is 1.55. The molecule has 2 aromatic rings. The van der Waals surface area contributed by atoms with E-state index < -0.39 is 45.4 Å². The monoisotopic (exact) mass is 397 g/mol. The summed E-state index contributed by atoms with van der Waals surface area (Å²) in [5, 5.41) is 2.06. The average molecular weight is 397 g/mol. The fourth-order valence-electron chi connectivity index (χ4n) is 2.81. The zero-order chi connectivity index (χ0) is 19.6. The van der Waals surface area contributed by atoms with Crippen molar-refractivity contribution in [2.24, 2.45) is 0 Å². The van der Waals surface area contributed by atoms with Crippen LogP contribution in [0.2, 0.25) is 0 Å². The number of hydrogen-bond donors (Lipinski definition) is 1. The first kappa shape index (κ1) is 19.2. The second kappa shape index (κ2) is 7.57. The maximum absolute atomic E-state index is 13.6. The van der Waals surface area contributed by atoms with E-state index in [2.05, 4.69) is 5.32 Å². The molecule has 0 bridgehead atoms. The Hall–Kier alpha value is -2.59. The molecule has 1 N–H and O–H groups in total. The minimum absolute atomic E-state index is 0.117. The van der Waals surface area contributed by atoms with Crippen LogP contribution in [0.3, 0.4) is 0 Å². The zero-order valence-corrected chi connectivity index (χ0v) is 15.0. The van der Waals surface area contributed by atoms with E-state index in [1.165, 1.54) is 10.4 Å². The summed E-state index contributed by atoms with van der Waals surface area (Å²) in [7, 11) is -3.76. The molecule has 144 valence electrons. The van der Waals surface area contributed by atoms with Gasteiger partial charge >= 0.3 is 0 Å². The number of aromatic nitrogens is 1. The minimum atomic E-state index is -3.76. The molecule has 0 spiro atoms. The zero-order valence-electron chi connectivity index (χ0n) is 14.2. The number of nitrogens with one attached hydrogen (secondary N) is 1. The fourth-order valence-corrected chi connectivity index (χ4v) is 4.35. The number of carbonyl (C=O) groups excluding carboxylic acids is 1. The Morgan fingerprint density at radius 3 is 2.33 bits per heavy atom. The van der Waals surface area contributed by atoms with Gasteiger partial charge in [-0.3, -0.25) is 9.59 Å². The molecule has 3 rings (SSSR count). The van der Waals surface area contributed by atoms with Crippen LogP contribution in [0.15, 0.2) is 46.2 Å². The molecule has 27 heavy (non-hydrogen) atoms. The number of benzene rings is 1. The molecule has 0 aliphatic carbocycles. The number of nitrogens with zero attached hydrogens (tertiary/aromatic N) is 2. The molecule has 10 heteroatoms. The van der Waals surface area contributed by atoms with E-state index in [0.29, 0.717) is 13.1 Å². The number of pyridine rings is 1. The Labute approximate surface area is 154 Å². The van der Waals surface area contributed by atoms with Crippen LogP contribution >= 0.6 is 0 Å². The third-order valence-corrected chi connectivity index (χ3v) is 6.08. The SMILES string of the molecule is O=C(Cn1cc(S(=O)(=O)N2CCCC2)ccc1=O)Nc1c(F)cccc1F. The van der Waals surface area contributed by atoms with Crippen molar-refractivity contribution in [1.82, 2.24) is 8.87 Å². The van der Waals surface area contributed by atoms with Gasteiger partial charge in [-0.2, -0.15) is 4.31 Å². The number of carbonyl (C=O) groups is 1.